The molecule has 0 spiro atoms. The summed E-state index contributed by atoms with van der Waals surface area (Å²) in [6.45, 7) is 0.628. The van der Waals surface area contributed by atoms with Crippen LogP contribution < -0.4 is 14.9 Å². The number of methoxy groups -OCH3 is 1. The zero-order valence-electron chi connectivity index (χ0n) is 14.2. The maximum Gasteiger partial charge on any atom is 0.197 e. The molecule has 0 saturated heterocycles. The van der Waals surface area contributed by atoms with Gasteiger partial charge in [0, 0.05) is 23.8 Å². The number of rotatable bonds is 5. The molecule has 0 atom stereocenters. The molecule has 0 bridgehead atoms. The van der Waals surface area contributed by atoms with Crippen LogP contribution in [0.25, 0.3) is 22.3 Å². The molecule has 1 heterocycles. The topological polar surface area (TPSA) is 89.1 Å². The smallest absolute Gasteiger partial charge is 0.197 e. The van der Waals surface area contributed by atoms with Crippen LogP contribution in [0.1, 0.15) is 12.8 Å². The Labute approximate surface area is 149 Å². The fourth-order valence-corrected chi connectivity index (χ4v) is 2.83. The minimum atomic E-state index is -0.394. The second-order valence-corrected chi connectivity index (χ2v) is 6.43. The second-order valence-electron chi connectivity index (χ2n) is 6.43. The van der Waals surface area contributed by atoms with Crippen molar-refractivity contribution in [2.24, 2.45) is 5.92 Å². The van der Waals surface area contributed by atoms with E-state index >= 15 is 0 Å². The highest BCUT2D eigenvalue weighted by atomic mass is 16.5. The first-order chi connectivity index (χ1) is 12.5. The molecule has 6 nitrogen and oxygen atoms in total. The van der Waals surface area contributed by atoms with Gasteiger partial charge in [0.05, 0.1) is 13.7 Å². The van der Waals surface area contributed by atoms with E-state index in [9.17, 15) is 15.0 Å². The van der Waals surface area contributed by atoms with Gasteiger partial charge < -0.3 is 24.1 Å². The van der Waals surface area contributed by atoms with Crippen LogP contribution >= 0.6 is 0 Å². The van der Waals surface area contributed by atoms with E-state index in [0.29, 0.717) is 35.3 Å². The Morgan fingerprint density at radius 1 is 1.12 bits per heavy atom. The van der Waals surface area contributed by atoms with E-state index in [2.05, 4.69) is 0 Å². The summed E-state index contributed by atoms with van der Waals surface area (Å²) in [5.41, 5.74) is 0.356. The lowest BCUT2D eigenvalue weighted by atomic mass is 10.1. The summed E-state index contributed by atoms with van der Waals surface area (Å²) in [6.07, 6.45) is 2.35. The van der Waals surface area contributed by atoms with E-state index in [1.807, 2.05) is 0 Å². The normalized spacial score (nSPS) is 13.7. The Balaban J connectivity index is 1.79. The number of benzene rings is 2. The highest BCUT2D eigenvalue weighted by molar-refractivity contribution is 5.86. The summed E-state index contributed by atoms with van der Waals surface area (Å²) in [6, 6.07) is 8.99. The third-order valence-corrected chi connectivity index (χ3v) is 4.41. The highest BCUT2D eigenvalue weighted by Gasteiger charge is 2.23. The van der Waals surface area contributed by atoms with Crippen LogP contribution in [0.2, 0.25) is 0 Å². The first-order valence-electron chi connectivity index (χ1n) is 8.36. The van der Waals surface area contributed by atoms with E-state index in [4.69, 9.17) is 13.9 Å². The van der Waals surface area contributed by atoms with Crippen molar-refractivity contribution in [3.05, 3.63) is 46.6 Å². The molecule has 1 fully saturated rings. The molecular weight excluding hydrogens is 336 g/mol. The van der Waals surface area contributed by atoms with Gasteiger partial charge in [0.25, 0.3) is 0 Å². The van der Waals surface area contributed by atoms with Crippen LogP contribution in [-0.4, -0.2) is 23.9 Å². The lowest BCUT2D eigenvalue weighted by Crippen LogP contribution is -2.02. The quantitative estimate of drug-likeness (QED) is 0.727. The summed E-state index contributed by atoms with van der Waals surface area (Å²) in [7, 11) is 1.57. The third-order valence-electron chi connectivity index (χ3n) is 4.41. The van der Waals surface area contributed by atoms with Crippen molar-refractivity contribution >= 4 is 11.0 Å². The second kappa shape index (κ2) is 6.29. The Morgan fingerprint density at radius 2 is 1.92 bits per heavy atom. The monoisotopic (exact) mass is 354 g/mol. The molecule has 1 saturated carbocycles. The molecule has 2 aromatic carbocycles. The summed E-state index contributed by atoms with van der Waals surface area (Å²) in [5, 5.41) is 19.6. The van der Waals surface area contributed by atoms with Gasteiger partial charge in [-0.25, -0.2) is 0 Å². The zero-order valence-corrected chi connectivity index (χ0v) is 14.2. The van der Waals surface area contributed by atoms with Gasteiger partial charge in [0.15, 0.2) is 16.9 Å². The van der Waals surface area contributed by atoms with Crippen LogP contribution in [0.15, 0.2) is 45.6 Å². The van der Waals surface area contributed by atoms with Crippen LogP contribution in [-0.2, 0) is 0 Å². The van der Waals surface area contributed by atoms with Crippen molar-refractivity contribution in [1.82, 2.24) is 0 Å². The summed E-state index contributed by atoms with van der Waals surface area (Å²) in [5.74, 6) is 1.59. The van der Waals surface area contributed by atoms with Crippen molar-refractivity contribution in [2.45, 2.75) is 12.8 Å². The van der Waals surface area contributed by atoms with E-state index in [1.165, 1.54) is 25.0 Å². The Hall–Kier alpha value is -3.15. The van der Waals surface area contributed by atoms with Crippen LogP contribution in [0.5, 0.6) is 23.0 Å². The average Bonchev–Trinajstić information content (AvgIpc) is 3.43. The molecule has 1 aliphatic carbocycles. The fraction of sp³-hybridized carbons (Fsp3) is 0.250. The van der Waals surface area contributed by atoms with Gasteiger partial charge in [-0.2, -0.15) is 0 Å². The van der Waals surface area contributed by atoms with E-state index < -0.39 is 5.43 Å². The number of phenols is 2. The van der Waals surface area contributed by atoms with Crippen molar-refractivity contribution in [2.75, 3.05) is 13.7 Å². The predicted octanol–water partition coefficient (Wildman–Crippen LogP) is 3.67. The average molecular weight is 354 g/mol. The Morgan fingerprint density at radius 3 is 2.65 bits per heavy atom. The van der Waals surface area contributed by atoms with Gasteiger partial charge in [-0.3, -0.25) is 4.79 Å². The molecule has 1 aromatic heterocycles. The van der Waals surface area contributed by atoms with Gasteiger partial charge in [0.2, 0.25) is 0 Å². The number of hydrogen-bond acceptors (Lipinski definition) is 6. The van der Waals surface area contributed by atoms with E-state index in [0.717, 1.165) is 6.07 Å². The molecule has 0 radical (unpaired) electrons. The van der Waals surface area contributed by atoms with Crippen molar-refractivity contribution in [3.8, 4) is 34.3 Å². The summed E-state index contributed by atoms with van der Waals surface area (Å²) >= 11 is 0. The maximum absolute atomic E-state index is 12.4. The lowest BCUT2D eigenvalue weighted by molar-refractivity contribution is 0.280. The van der Waals surface area contributed by atoms with E-state index in [1.54, 1.807) is 25.3 Å². The fourth-order valence-electron chi connectivity index (χ4n) is 2.83. The molecular formula is C20H18O6. The van der Waals surface area contributed by atoms with Crippen molar-refractivity contribution in [1.29, 1.82) is 0 Å². The molecule has 134 valence electrons. The predicted molar refractivity (Wildman–Crippen MR) is 96.0 cm³/mol. The lowest BCUT2D eigenvalue weighted by Gasteiger charge is -2.12. The highest BCUT2D eigenvalue weighted by Crippen LogP contribution is 2.36. The van der Waals surface area contributed by atoms with Crippen LogP contribution in [0.3, 0.4) is 0 Å². The van der Waals surface area contributed by atoms with Crippen LogP contribution in [0.4, 0.5) is 0 Å². The largest absolute Gasteiger partial charge is 0.508 e. The molecule has 0 unspecified atom stereocenters. The SMILES string of the molecule is COc1ccc(-c2cc(=O)c3c(O)cc(O)cc3o2)cc1OCC1CC1. The molecule has 0 aliphatic heterocycles. The molecule has 26 heavy (non-hydrogen) atoms. The molecule has 4 rings (SSSR count). The van der Waals surface area contributed by atoms with Gasteiger partial charge in [-0.15, -0.1) is 0 Å². The molecule has 2 N–H and O–H groups in total. The minimum absolute atomic E-state index is 0.0327. The van der Waals surface area contributed by atoms with Crippen molar-refractivity contribution in [3.63, 3.8) is 0 Å². The Kier molecular flexibility index (Phi) is 3.95. The van der Waals surface area contributed by atoms with Gasteiger partial charge in [0.1, 0.15) is 28.2 Å². The number of aromatic hydroxyl groups is 2. The van der Waals surface area contributed by atoms with Gasteiger partial charge in [-0.05, 0) is 37.0 Å². The maximum atomic E-state index is 12.4. The van der Waals surface area contributed by atoms with Crippen LogP contribution in [0, 0.1) is 5.92 Å². The minimum Gasteiger partial charge on any atom is -0.508 e. The first kappa shape index (κ1) is 16.3. The standard InChI is InChI=1S/C20H18O6/c1-24-16-5-4-12(6-18(16)25-10-11-2-3-11)17-9-15(23)20-14(22)7-13(21)8-19(20)26-17/h4-9,11,21-22H,2-3,10H2,1H3. The molecule has 0 amide bonds. The van der Waals surface area contributed by atoms with Gasteiger partial charge in [-0.1, -0.05) is 0 Å². The molecule has 6 heteroatoms. The Bertz CT molecular complexity index is 1030. The first-order valence-corrected chi connectivity index (χ1v) is 8.36. The molecule has 3 aromatic rings. The number of fused-ring (bicyclic) bond motifs is 1. The number of ether oxygens (including phenoxy) is 2. The third kappa shape index (κ3) is 3.06. The summed E-state index contributed by atoms with van der Waals surface area (Å²) < 4.78 is 16.9. The summed E-state index contributed by atoms with van der Waals surface area (Å²) in [4.78, 5) is 12.4. The molecule has 1 aliphatic rings. The van der Waals surface area contributed by atoms with Crippen molar-refractivity contribution < 1.29 is 24.1 Å². The number of phenolic OH excluding ortho intramolecular Hbond substituents is 2. The van der Waals surface area contributed by atoms with E-state index in [-0.39, 0.29) is 22.5 Å². The van der Waals surface area contributed by atoms with Gasteiger partial charge >= 0.3 is 0 Å². The zero-order chi connectivity index (χ0) is 18.3. The number of hydrogen-bond donors (Lipinski definition) is 2.